The van der Waals surface area contributed by atoms with Gasteiger partial charge in [-0.15, -0.1) is 0 Å². The second-order valence-electron chi connectivity index (χ2n) is 4.40. The molecule has 1 aromatic carbocycles. The monoisotopic (exact) mass is 285 g/mol. The number of likely N-dealkylation sites (tertiary alicyclic amines) is 1. The number of carboxylic acid groups (broad SMARTS) is 1. The maximum Gasteiger partial charge on any atom is 0.387 e. The highest BCUT2D eigenvalue weighted by Crippen LogP contribution is 2.22. The number of rotatable bonds is 4. The Morgan fingerprint density at radius 1 is 1.30 bits per heavy atom. The molecule has 1 aliphatic heterocycles. The van der Waals surface area contributed by atoms with Crippen LogP contribution in [0.4, 0.5) is 8.78 Å². The molecule has 0 spiro atoms. The summed E-state index contributed by atoms with van der Waals surface area (Å²) in [7, 11) is 0. The molecule has 1 heterocycles. The Morgan fingerprint density at radius 3 is 2.50 bits per heavy atom. The molecule has 0 saturated carbocycles. The van der Waals surface area contributed by atoms with E-state index in [1.54, 1.807) is 0 Å². The Hall–Kier alpha value is -2.18. The van der Waals surface area contributed by atoms with Crippen LogP contribution in [0.15, 0.2) is 24.3 Å². The highest BCUT2D eigenvalue weighted by molar-refractivity contribution is 5.97. The summed E-state index contributed by atoms with van der Waals surface area (Å²) in [6.07, 6.45) is 1.06. The van der Waals surface area contributed by atoms with E-state index in [-0.39, 0.29) is 11.3 Å². The van der Waals surface area contributed by atoms with E-state index in [0.717, 1.165) is 0 Å². The molecule has 0 bridgehead atoms. The molecule has 0 radical (unpaired) electrons. The summed E-state index contributed by atoms with van der Waals surface area (Å²) >= 11 is 0. The van der Waals surface area contributed by atoms with Gasteiger partial charge in [-0.3, -0.25) is 4.79 Å². The van der Waals surface area contributed by atoms with E-state index < -0.39 is 24.5 Å². The van der Waals surface area contributed by atoms with Gasteiger partial charge in [0, 0.05) is 12.1 Å². The minimum absolute atomic E-state index is 0.0484. The normalized spacial score (nSPS) is 18.4. The lowest BCUT2D eigenvalue weighted by molar-refractivity contribution is -0.141. The summed E-state index contributed by atoms with van der Waals surface area (Å²) in [4.78, 5) is 24.5. The van der Waals surface area contributed by atoms with Crippen molar-refractivity contribution in [1.82, 2.24) is 4.90 Å². The van der Waals surface area contributed by atoms with Gasteiger partial charge < -0.3 is 14.7 Å². The van der Waals surface area contributed by atoms with E-state index in [2.05, 4.69) is 4.74 Å². The number of halogens is 2. The van der Waals surface area contributed by atoms with E-state index in [9.17, 15) is 18.4 Å². The number of aliphatic carboxylic acids is 1. The minimum atomic E-state index is -2.92. The van der Waals surface area contributed by atoms with E-state index in [1.165, 1.54) is 29.2 Å². The van der Waals surface area contributed by atoms with Crippen LogP contribution in [0.2, 0.25) is 0 Å². The van der Waals surface area contributed by atoms with Gasteiger partial charge in [0.15, 0.2) is 0 Å². The van der Waals surface area contributed by atoms with Crippen LogP contribution in [0.1, 0.15) is 23.2 Å². The zero-order valence-corrected chi connectivity index (χ0v) is 10.5. The molecule has 108 valence electrons. The molecule has 5 nitrogen and oxygen atoms in total. The quantitative estimate of drug-likeness (QED) is 0.918. The lowest BCUT2D eigenvalue weighted by atomic mass is 10.1. The van der Waals surface area contributed by atoms with Gasteiger partial charge in [-0.1, -0.05) is 0 Å². The van der Waals surface area contributed by atoms with Gasteiger partial charge in [0.05, 0.1) is 0 Å². The van der Waals surface area contributed by atoms with Crippen molar-refractivity contribution in [3.05, 3.63) is 29.8 Å². The summed E-state index contributed by atoms with van der Waals surface area (Å²) in [6.45, 7) is -2.54. The maximum absolute atomic E-state index is 12.2. The third-order valence-corrected chi connectivity index (χ3v) is 3.13. The Labute approximate surface area is 113 Å². The summed E-state index contributed by atoms with van der Waals surface area (Å²) < 4.78 is 28.2. The first kappa shape index (κ1) is 14.2. The molecule has 0 aliphatic carbocycles. The average molecular weight is 285 g/mol. The number of nitrogens with zero attached hydrogens (tertiary/aromatic N) is 1. The van der Waals surface area contributed by atoms with Crippen LogP contribution >= 0.6 is 0 Å². The van der Waals surface area contributed by atoms with Gasteiger partial charge in [-0.05, 0) is 37.1 Å². The Bertz CT molecular complexity index is 504. The zero-order chi connectivity index (χ0) is 14.7. The molecule has 7 heteroatoms. The molecular formula is C13H13F2NO4. The van der Waals surface area contributed by atoms with Gasteiger partial charge in [0.2, 0.25) is 0 Å². The van der Waals surface area contributed by atoms with Crippen LogP contribution in [0.5, 0.6) is 5.75 Å². The third-order valence-electron chi connectivity index (χ3n) is 3.13. The molecule has 0 unspecified atom stereocenters. The van der Waals surface area contributed by atoms with Gasteiger partial charge in [-0.25, -0.2) is 4.79 Å². The lowest BCUT2D eigenvalue weighted by Gasteiger charge is -2.21. The zero-order valence-electron chi connectivity index (χ0n) is 10.5. The van der Waals surface area contributed by atoms with Crippen molar-refractivity contribution in [1.29, 1.82) is 0 Å². The molecule has 0 aromatic heterocycles. The van der Waals surface area contributed by atoms with Crippen LogP contribution in [0, 0.1) is 0 Å². The number of carboxylic acids is 1. The van der Waals surface area contributed by atoms with Crippen LogP contribution in [0.3, 0.4) is 0 Å². The number of carbonyl (C=O) groups is 2. The minimum Gasteiger partial charge on any atom is -0.480 e. The molecule has 1 fully saturated rings. The first-order chi connectivity index (χ1) is 9.49. The van der Waals surface area contributed by atoms with Gasteiger partial charge >= 0.3 is 12.6 Å². The number of benzene rings is 1. The smallest absolute Gasteiger partial charge is 0.387 e. The Kier molecular flexibility index (Phi) is 4.16. The van der Waals surface area contributed by atoms with E-state index in [1.807, 2.05) is 0 Å². The molecule has 1 amide bonds. The average Bonchev–Trinajstić information content (AvgIpc) is 2.87. The number of ether oxygens (including phenoxy) is 1. The summed E-state index contributed by atoms with van der Waals surface area (Å²) in [6, 6.07) is 4.38. The summed E-state index contributed by atoms with van der Waals surface area (Å²) in [5.74, 6) is -1.50. The first-order valence-electron chi connectivity index (χ1n) is 6.07. The highest BCUT2D eigenvalue weighted by atomic mass is 19.3. The number of amides is 1. The second kappa shape index (κ2) is 5.85. The van der Waals surface area contributed by atoms with Gasteiger partial charge in [-0.2, -0.15) is 8.78 Å². The van der Waals surface area contributed by atoms with E-state index >= 15 is 0 Å². The van der Waals surface area contributed by atoms with Gasteiger partial charge in [0.25, 0.3) is 5.91 Å². The predicted molar refractivity (Wildman–Crippen MR) is 64.8 cm³/mol. The fourth-order valence-electron chi connectivity index (χ4n) is 2.21. The molecule has 1 saturated heterocycles. The summed E-state index contributed by atoms with van der Waals surface area (Å²) in [5, 5.41) is 9.03. The Balaban J connectivity index is 2.11. The fraction of sp³-hybridized carbons (Fsp3) is 0.385. The van der Waals surface area contributed by atoms with Crippen LogP contribution in [-0.4, -0.2) is 41.1 Å². The number of alkyl halides is 2. The van der Waals surface area contributed by atoms with Crippen molar-refractivity contribution in [3.63, 3.8) is 0 Å². The standard InChI is InChI=1S/C13H13F2NO4/c14-13(15)20-9-5-3-8(4-6-9)11(17)16-7-1-2-10(16)12(18)19/h3-6,10,13H,1-2,7H2,(H,18,19)/t10-/m0/s1. The SMILES string of the molecule is O=C(O)[C@@H]1CCCN1C(=O)c1ccc(OC(F)F)cc1. The van der Waals surface area contributed by atoms with Crippen molar-refractivity contribution in [2.75, 3.05) is 6.54 Å². The molecule has 2 rings (SSSR count). The van der Waals surface area contributed by atoms with E-state index in [0.29, 0.717) is 19.4 Å². The molecule has 1 aliphatic rings. The molecular weight excluding hydrogens is 272 g/mol. The third kappa shape index (κ3) is 3.04. The van der Waals surface area contributed by atoms with Crippen LogP contribution < -0.4 is 4.74 Å². The lowest BCUT2D eigenvalue weighted by Crippen LogP contribution is -2.40. The fourth-order valence-corrected chi connectivity index (χ4v) is 2.21. The largest absolute Gasteiger partial charge is 0.480 e. The topological polar surface area (TPSA) is 66.8 Å². The molecule has 1 N–H and O–H groups in total. The summed E-state index contributed by atoms with van der Waals surface area (Å²) in [5.41, 5.74) is 0.250. The Morgan fingerprint density at radius 2 is 1.95 bits per heavy atom. The predicted octanol–water partition coefficient (Wildman–Crippen LogP) is 1.98. The van der Waals surface area contributed by atoms with Crippen molar-refractivity contribution in [2.45, 2.75) is 25.5 Å². The molecule has 1 aromatic rings. The number of carbonyl (C=O) groups excluding carboxylic acids is 1. The number of hydrogen-bond donors (Lipinski definition) is 1. The van der Waals surface area contributed by atoms with Crippen molar-refractivity contribution >= 4 is 11.9 Å². The molecule has 20 heavy (non-hydrogen) atoms. The van der Waals surface area contributed by atoms with Gasteiger partial charge in [0.1, 0.15) is 11.8 Å². The maximum atomic E-state index is 12.2. The van der Waals surface area contributed by atoms with Crippen molar-refractivity contribution in [3.8, 4) is 5.75 Å². The van der Waals surface area contributed by atoms with E-state index in [4.69, 9.17) is 5.11 Å². The number of hydrogen-bond acceptors (Lipinski definition) is 3. The van der Waals surface area contributed by atoms with Crippen LogP contribution in [0.25, 0.3) is 0 Å². The van der Waals surface area contributed by atoms with Crippen molar-refractivity contribution in [2.24, 2.45) is 0 Å². The molecule has 1 atom stereocenters. The second-order valence-corrected chi connectivity index (χ2v) is 4.40. The first-order valence-corrected chi connectivity index (χ1v) is 6.07. The van der Waals surface area contributed by atoms with Crippen LogP contribution in [-0.2, 0) is 4.79 Å². The highest BCUT2D eigenvalue weighted by Gasteiger charge is 2.34. The van der Waals surface area contributed by atoms with Crippen molar-refractivity contribution < 1.29 is 28.2 Å².